The molecule has 2 aromatic rings. The minimum atomic E-state index is 0.169. The van der Waals surface area contributed by atoms with Gasteiger partial charge in [0.1, 0.15) is 5.00 Å². The van der Waals surface area contributed by atoms with Crippen LogP contribution < -0.4 is 15.8 Å². The van der Waals surface area contributed by atoms with Crippen LogP contribution in [0.3, 0.4) is 0 Å². The first-order valence-electron chi connectivity index (χ1n) is 6.97. The Hall–Kier alpha value is -1.53. The van der Waals surface area contributed by atoms with Crippen molar-refractivity contribution in [1.82, 2.24) is 0 Å². The second-order valence-corrected chi connectivity index (χ2v) is 7.15. The van der Waals surface area contributed by atoms with Crippen molar-refractivity contribution in [2.75, 3.05) is 24.7 Å². The molecule has 1 aliphatic rings. The molecule has 112 valence electrons. The lowest BCUT2D eigenvalue weighted by molar-refractivity contribution is 0.0972. The minimum absolute atomic E-state index is 0.169. The number of rotatable bonds is 7. The van der Waals surface area contributed by atoms with E-state index in [4.69, 9.17) is 10.5 Å². The number of Topliss-reactive ketones (excluding diaryl/α,β-unsaturated/α-hetero) is 1. The molecule has 0 radical (unpaired) electrons. The fourth-order valence-corrected chi connectivity index (χ4v) is 4.06. The number of thiophene rings is 2. The van der Waals surface area contributed by atoms with Crippen molar-refractivity contribution in [1.29, 1.82) is 0 Å². The van der Waals surface area contributed by atoms with Gasteiger partial charge in [-0.3, -0.25) is 4.79 Å². The monoisotopic (exact) mass is 322 g/mol. The van der Waals surface area contributed by atoms with Gasteiger partial charge in [-0.05, 0) is 30.7 Å². The highest BCUT2D eigenvalue weighted by atomic mass is 32.1. The standard InChI is InChI=1S/C15H18N2O2S2/c1-19-13-11(16)14(12(18)9-4-5-9)21-15(13)17-7-6-10-3-2-8-20-10/h2-3,8-9,17H,4-7,16H2,1H3. The number of nitrogen functional groups attached to an aromatic ring is 1. The Kier molecular flexibility index (Phi) is 4.17. The molecular formula is C15H18N2O2S2. The van der Waals surface area contributed by atoms with Crippen molar-refractivity contribution < 1.29 is 9.53 Å². The molecule has 0 unspecified atom stereocenters. The number of carbonyl (C=O) groups excluding carboxylic acids is 1. The summed E-state index contributed by atoms with van der Waals surface area (Å²) >= 11 is 3.16. The third kappa shape index (κ3) is 3.06. The number of hydrogen-bond acceptors (Lipinski definition) is 6. The van der Waals surface area contributed by atoms with Crippen molar-refractivity contribution in [3.8, 4) is 5.75 Å². The zero-order valence-corrected chi connectivity index (χ0v) is 13.5. The van der Waals surface area contributed by atoms with E-state index in [1.165, 1.54) is 16.2 Å². The predicted molar refractivity (Wildman–Crippen MR) is 88.9 cm³/mol. The van der Waals surface area contributed by atoms with Crippen molar-refractivity contribution in [3.63, 3.8) is 0 Å². The van der Waals surface area contributed by atoms with E-state index >= 15 is 0 Å². The number of hydrogen-bond donors (Lipinski definition) is 2. The van der Waals surface area contributed by atoms with Crippen molar-refractivity contribution in [3.05, 3.63) is 27.3 Å². The van der Waals surface area contributed by atoms with Gasteiger partial charge in [-0.25, -0.2) is 0 Å². The fourth-order valence-electron chi connectivity index (χ4n) is 2.22. The maximum absolute atomic E-state index is 12.2. The Bertz CT molecular complexity index is 630. The lowest BCUT2D eigenvalue weighted by Crippen LogP contribution is -2.04. The molecule has 0 aromatic carbocycles. The van der Waals surface area contributed by atoms with E-state index < -0.39 is 0 Å². The first-order chi connectivity index (χ1) is 10.2. The highest BCUT2D eigenvalue weighted by molar-refractivity contribution is 7.19. The zero-order chi connectivity index (χ0) is 14.8. The summed E-state index contributed by atoms with van der Waals surface area (Å²) < 4.78 is 5.37. The quantitative estimate of drug-likeness (QED) is 0.764. The van der Waals surface area contributed by atoms with E-state index in [2.05, 4.69) is 22.8 Å². The third-order valence-corrected chi connectivity index (χ3v) is 5.61. The summed E-state index contributed by atoms with van der Waals surface area (Å²) in [7, 11) is 1.59. The maximum atomic E-state index is 12.2. The summed E-state index contributed by atoms with van der Waals surface area (Å²) in [5, 5.41) is 6.28. The molecule has 3 rings (SSSR count). The molecule has 0 spiro atoms. The molecule has 0 saturated heterocycles. The molecule has 2 heterocycles. The number of ketones is 1. The van der Waals surface area contributed by atoms with Gasteiger partial charge in [0, 0.05) is 17.3 Å². The second-order valence-electron chi connectivity index (χ2n) is 5.10. The Morgan fingerprint density at radius 1 is 1.52 bits per heavy atom. The van der Waals surface area contributed by atoms with Crippen LogP contribution in [0.15, 0.2) is 17.5 Å². The van der Waals surface area contributed by atoms with E-state index in [0.717, 1.165) is 30.8 Å². The summed E-state index contributed by atoms with van der Waals surface area (Å²) in [5.41, 5.74) is 6.56. The zero-order valence-electron chi connectivity index (χ0n) is 11.8. The summed E-state index contributed by atoms with van der Waals surface area (Å²) in [4.78, 5) is 14.2. The van der Waals surface area contributed by atoms with Crippen molar-refractivity contribution >= 4 is 39.1 Å². The fraction of sp³-hybridized carbons (Fsp3) is 0.400. The van der Waals surface area contributed by atoms with E-state index in [-0.39, 0.29) is 11.7 Å². The Balaban J connectivity index is 1.71. The SMILES string of the molecule is COc1c(NCCc2cccs2)sc(C(=O)C2CC2)c1N. The lowest BCUT2D eigenvalue weighted by atomic mass is 10.2. The van der Waals surface area contributed by atoms with E-state index in [1.54, 1.807) is 18.4 Å². The average molecular weight is 322 g/mol. The van der Waals surface area contributed by atoms with Gasteiger partial charge in [0.05, 0.1) is 17.7 Å². The van der Waals surface area contributed by atoms with Crippen molar-refractivity contribution in [2.24, 2.45) is 5.92 Å². The van der Waals surface area contributed by atoms with Crippen LogP contribution in [-0.4, -0.2) is 19.4 Å². The van der Waals surface area contributed by atoms with Gasteiger partial charge >= 0.3 is 0 Å². The van der Waals surface area contributed by atoms with Crippen LogP contribution in [0.25, 0.3) is 0 Å². The van der Waals surface area contributed by atoms with Crippen LogP contribution >= 0.6 is 22.7 Å². The Morgan fingerprint density at radius 2 is 2.33 bits per heavy atom. The first-order valence-corrected chi connectivity index (χ1v) is 8.67. The second kappa shape index (κ2) is 6.07. The molecular weight excluding hydrogens is 304 g/mol. The van der Waals surface area contributed by atoms with E-state index in [1.807, 2.05) is 0 Å². The summed E-state index contributed by atoms with van der Waals surface area (Å²) in [6.45, 7) is 0.799. The average Bonchev–Trinajstić information content (AvgIpc) is 3.11. The molecule has 21 heavy (non-hydrogen) atoms. The van der Waals surface area contributed by atoms with Gasteiger partial charge in [-0.2, -0.15) is 0 Å². The predicted octanol–water partition coefficient (Wildman–Crippen LogP) is 3.65. The normalized spacial score (nSPS) is 14.1. The molecule has 6 heteroatoms. The number of ether oxygens (including phenoxy) is 1. The lowest BCUT2D eigenvalue weighted by Gasteiger charge is -2.06. The highest BCUT2D eigenvalue weighted by Crippen LogP contribution is 2.46. The van der Waals surface area contributed by atoms with Gasteiger partial charge in [0.25, 0.3) is 0 Å². The third-order valence-electron chi connectivity index (χ3n) is 3.51. The smallest absolute Gasteiger partial charge is 0.178 e. The van der Waals surface area contributed by atoms with Crippen LogP contribution in [0, 0.1) is 5.92 Å². The van der Waals surface area contributed by atoms with Crippen LogP contribution in [0.2, 0.25) is 0 Å². The molecule has 0 amide bonds. The summed E-state index contributed by atoms with van der Waals surface area (Å²) in [6, 6.07) is 4.17. The summed E-state index contributed by atoms with van der Waals surface area (Å²) in [6.07, 6.45) is 2.92. The van der Waals surface area contributed by atoms with Gasteiger partial charge in [0.15, 0.2) is 11.5 Å². The molecule has 0 bridgehead atoms. The molecule has 2 aromatic heterocycles. The number of carbonyl (C=O) groups is 1. The van der Waals surface area contributed by atoms with Crippen LogP contribution in [0.1, 0.15) is 27.4 Å². The van der Waals surface area contributed by atoms with Crippen LogP contribution in [0.4, 0.5) is 10.7 Å². The molecule has 1 fully saturated rings. The van der Waals surface area contributed by atoms with Gasteiger partial charge in [-0.1, -0.05) is 6.07 Å². The Morgan fingerprint density at radius 3 is 2.95 bits per heavy atom. The number of nitrogens with one attached hydrogen (secondary N) is 1. The highest BCUT2D eigenvalue weighted by Gasteiger charge is 2.34. The van der Waals surface area contributed by atoms with E-state index in [9.17, 15) is 4.79 Å². The number of nitrogens with two attached hydrogens (primary N) is 1. The molecule has 4 nitrogen and oxygen atoms in total. The van der Waals surface area contributed by atoms with E-state index in [0.29, 0.717) is 16.3 Å². The first kappa shape index (κ1) is 14.4. The number of methoxy groups -OCH3 is 1. The molecule has 1 aliphatic carbocycles. The van der Waals surface area contributed by atoms with Gasteiger partial charge in [-0.15, -0.1) is 22.7 Å². The Labute approximate surface area is 131 Å². The molecule has 3 N–H and O–H groups in total. The topological polar surface area (TPSA) is 64.3 Å². The molecule has 0 aliphatic heterocycles. The van der Waals surface area contributed by atoms with Crippen LogP contribution in [0.5, 0.6) is 5.75 Å². The maximum Gasteiger partial charge on any atom is 0.178 e. The minimum Gasteiger partial charge on any atom is -0.492 e. The molecule has 1 saturated carbocycles. The van der Waals surface area contributed by atoms with Gasteiger partial charge < -0.3 is 15.8 Å². The number of anilines is 2. The summed E-state index contributed by atoms with van der Waals surface area (Å²) in [5.74, 6) is 0.951. The van der Waals surface area contributed by atoms with Crippen LogP contribution in [-0.2, 0) is 6.42 Å². The molecule has 0 atom stereocenters. The van der Waals surface area contributed by atoms with Gasteiger partial charge in [0.2, 0.25) is 0 Å². The van der Waals surface area contributed by atoms with Crippen molar-refractivity contribution in [2.45, 2.75) is 19.3 Å². The largest absolute Gasteiger partial charge is 0.492 e.